The van der Waals surface area contributed by atoms with Gasteiger partial charge in [-0.05, 0) is 5.57 Å². The highest BCUT2D eigenvalue weighted by Crippen LogP contribution is 2.42. The van der Waals surface area contributed by atoms with Gasteiger partial charge in [0.15, 0.2) is 16.4 Å². The summed E-state index contributed by atoms with van der Waals surface area (Å²) in [5.41, 5.74) is 4.26. The van der Waals surface area contributed by atoms with Gasteiger partial charge in [-0.1, -0.05) is 47.0 Å². The number of nitrogens with one attached hydrogen (secondary N) is 2. The number of anilines is 1. The van der Waals surface area contributed by atoms with Crippen molar-refractivity contribution in [2.75, 3.05) is 17.2 Å². The molecule has 1 unspecified atom stereocenters. The number of rotatable bonds is 12. The Kier molecular flexibility index (Phi) is 9.27. The van der Waals surface area contributed by atoms with Crippen molar-refractivity contribution < 1.29 is 44.1 Å². The molecule has 7 N–H and O–H groups in total. The molecule has 0 aliphatic carbocycles. The SMILES string of the molecule is Nc1nc(/C(=N\OC(C(=O)O)c2ccccc2)C(=O)N[C@@H]2C(=O)N3C(C(=O)O)=C(CSc4s[nH]c(=O)c4C(=O)O)CS[C@H]23)cs1. The summed E-state index contributed by atoms with van der Waals surface area (Å²) in [5, 5.41) is 35.9. The van der Waals surface area contributed by atoms with Crippen molar-refractivity contribution in [2.24, 2.45) is 5.16 Å². The summed E-state index contributed by atoms with van der Waals surface area (Å²) in [5.74, 6) is -5.76. The first-order valence-corrected chi connectivity index (χ1v) is 16.2. The number of benzene rings is 1. The van der Waals surface area contributed by atoms with Crippen LogP contribution in [0, 0.1) is 0 Å². The lowest BCUT2D eigenvalue weighted by Crippen LogP contribution is -2.71. The lowest BCUT2D eigenvalue weighted by molar-refractivity contribution is -0.151. The summed E-state index contributed by atoms with van der Waals surface area (Å²) in [6, 6.07) is 6.71. The van der Waals surface area contributed by atoms with Crippen LogP contribution < -0.4 is 16.6 Å². The quantitative estimate of drug-likeness (QED) is 0.0676. The maximum absolute atomic E-state index is 13.4. The number of nitrogens with two attached hydrogens (primary N) is 1. The van der Waals surface area contributed by atoms with Gasteiger partial charge < -0.3 is 31.2 Å². The standard InChI is InChI=1S/C25H20N6O10S4/c26-25-27-11(8-44-25)13(29-41-16(23(39)40)9-4-2-1-3-5-9)18(33)28-14-19(34)31-15(22(37)38)10(6-42-20(14)31)7-43-24-12(21(35)36)17(32)30-45-24/h1-5,8,14,16,20H,6-7H2,(H2,26,27)(H,28,33)(H,30,32)(H,35,36)(H,37,38)(H,39,40)/b29-13+/t14-,16?,20-/m1/s1. The Labute approximate surface area is 268 Å². The number of aromatic nitrogens is 2. The van der Waals surface area contributed by atoms with Crippen molar-refractivity contribution in [3.05, 3.63) is 74.2 Å². The van der Waals surface area contributed by atoms with E-state index in [0.29, 0.717) is 5.57 Å². The topological polar surface area (TPSA) is 255 Å². The molecule has 2 aliphatic rings. The molecule has 1 fully saturated rings. The maximum atomic E-state index is 13.4. The van der Waals surface area contributed by atoms with Gasteiger partial charge in [0.25, 0.3) is 17.4 Å². The number of fused-ring (bicyclic) bond motifs is 1. The number of oxime groups is 1. The number of β-lactam (4-membered cyclic amide) rings is 1. The van der Waals surface area contributed by atoms with Gasteiger partial charge in [0.2, 0.25) is 6.10 Å². The number of hydrogen-bond acceptors (Lipinski definition) is 14. The predicted octanol–water partition coefficient (Wildman–Crippen LogP) is 1.25. The second kappa shape index (κ2) is 13.1. The highest BCUT2D eigenvalue weighted by molar-refractivity contribution is 8.02. The molecule has 2 aliphatic heterocycles. The highest BCUT2D eigenvalue weighted by Gasteiger charge is 2.54. The molecule has 234 valence electrons. The minimum Gasteiger partial charge on any atom is -0.478 e. The van der Waals surface area contributed by atoms with Crippen LogP contribution in [-0.4, -0.2) is 87.9 Å². The van der Waals surface area contributed by atoms with Crippen LogP contribution in [0.25, 0.3) is 0 Å². The number of carboxylic acid groups (broad SMARTS) is 3. The smallest absolute Gasteiger partial charge is 0.352 e. The Morgan fingerprint density at radius 2 is 1.91 bits per heavy atom. The molecule has 2 aromatic heterocycles. The highest BCUT2D eigenvalue weighted by atomic mass is 32.2. The zero-order valence-corrected chi connectivity index (χ0v) is 25.6. The van der Waals surface area contributed by atoms with Crippen LogP contribution >= 0.6 is 46.4 Å². The van der Waals surface area contributed by atoms with E-state index in [1.54, 1.807) is 18.2 Å². The Hall–Kier alpha value is -4.66. The summed E-state index contributed by atoms with van der Waals surface area (Å²) in [7, 11) is 0. The number of aliphatic carboxylic acids is 2. The number of aromatic carboxylic acids is 1. The summed E-state index contributed by atoms with van der Waals surface area (Å²) in [4.78, 5) is 84.2. The summed E-state index contributed by atoms with van der Waals surface area (Å²) >= 11 is 3.91. The average Bonchev–Trinajstić information content (AvgIpc) is 3.61. The van der Waals surface area contributed by atoms with Crippen LogP contribution in [0.3, 0.4) is 0 Å². The van der Waals surface area contributed by atoms with Gasteiger partial charge in [-0.3, -0.25) is 23.7 Å². The van der Waals surface area contributed by atoms with Gasteiger partial charge >= 0.3 is 17.9 Å². The normalized spacial score (nSPS) is 18.5. The number of nitrogen functional groups attached to an aromatic ring is 1. The fourth-order valence-corrected chi connectivity index (χ4v) is 8.31. The van der Waals surface area contributed by atoms with Crippen molar-refractivity contribution in [3.63, 3.8) is 0 Å². The number of carboxylic acids is 3. The van der Waals surface area contributed by atoms with E-state index in [2.05, 4.69) is 19.8 Å². The number of amides is 2. The second-order valence-corrected chi connectivity index (χ2v) is 13.2. The van der Waals surface area contributed by atoms with Gasteiger partial charge in [-0.25, -0.2) is 19.4 Å². The zero-order valence-electron chi connectivity index (χ0n) is 22.4. The molecule has 4 heterocycles. The lowest BCUT2D eigenvalue weighted by atomic mass is 10.0. The van der Waals surface area contributed by atoms with Crippen LogP contribution in [0.15, 0.2) is 61.1 Å². The van der Waals surface area contributed by atoms with E-state index in [4.69, 9.17) is 10.6 Å². The van der Waals surface area contributed by atoms with E-state index in [1.807, 2.05) is 0 Å². The summed E-state index contributed by atoms with van der Waals surface area (Å²) in [6.45, 7) is 0. The van der Waals surface area contributed by atoms with Crippen LogP contribution in [0.4, 0.5) is 5.13 Å². The Bertz CT molecular complexity index is 1820. The first kappa shape index (κ1) is 31.8. The average molecular weight is 693 g/mol. The van der Waals surface area contributed by atoms with E-state index in [-0.39, 0.29) is 37.8 Å². The van der Waals surface area contributed by atoms with Crippen molar-refractivity contribution in [3.8, 4) is 0 Å². The van der Waals surface area contributed by atoms with Gasteiger partial charge in [-0.2, -0.15) is 0 Å². The fraction of sp³-hybridized carbons (Fsp3) is 0.200. The molecule has 3 atom stereocenters. The molecule has 1 saturated heterocycles. The second-order valence-electron chi connectivity index (χ2n) is 9.15. The molecule has 0 spiro atoms. The Balaban J connectivity index is 1.35. The van der Waals surface area contributed by atoms with Crippen molar-refractivity contribution >= 4 is 87.0 Å². The largest absolute Gasteiger partial charge is 0.478 e. The predicted molar refractivity (Wildman–Crippen MR) is 163 cm³/mol. The molecule has 0 bridgehead atoms. The molecule has 0 radical (unpaired) electrons. The number of aromatic amines is 1. The Morgan fingerprint density at radius 1 is 1.18 bits per heavy atom. The monoisotopic (exact) mass is 692 g/mol. The van der Waals surface area contributed by atoms with Gasteiger partial charge in [0.1, 0.15) is 22.8 Å². The number of H-pyrrole nitrogens is 1. The van der Waals surface area contributed by atoms with Crippen molar-refractivity contribution in [1.82, 2.24) is 19.6 Å². The number of carbonyl (C=O) groups is 5. The van der Waals surface area contributed by atoms with E-state index in [0.717, 1.165) is 39.5 Å². The van der Waals surface area contributed by atoms with E-state index in [1.165, 1.54) is 29.3 Å². The third-order valence-corrected chi connectivity index (χ3v) is 10.6. The number of carbonyl (C=O) groups excluding carboxylic acids is 2. The van der Waals surface area contributed by atoms with E-state index >= 15 is 0 Å². The maximum Gasteiger partial charge on any atom is 0.352 e. The van der Waals surface area contributed by atoms with Crippen molar-refractivity contribution in [1.29, 1.82) is 0 Å². The zero-order chi connectivity index (χ0) is 32.4. The summed E-state index contributed by atoms with van der Waals surface area (Å²) in [6.07, 6.45) is -1.57. The molecule has 2 amide bonds. The number of nitrogens with zero attached hydrogens (tertiary/aromatic N) is 3. The molecule has 20 heteroatoms. The number of hydrogen-bond donors (Lipinski definition) is 6. The van der Waals surface area contributed by atoms with Crippen LogP contribution in [-0.2, 0) is 24.0 Å². The number of thioether (sulfide) groups is 2. The molecule has 3 aromatic rings. The molecular formula is C25H20N6O10S4. The molecule has 16 nitrogen and oxygen atoms in total. The Morgan fingerprint density at radius 3 is 2.53 bits per heavy atom. The molecule has 0 saturated carbocycles. The minimum atomic E-state index is -1.57. The van der Waals surface area contributed by atoms with Gasteiger partial charge in [-0.15, -0.1) is 34.9 Å². The van der Waals surface area contributed by atoms with E-state index < -0.39 is 64.1 Å². The van der Waals surface area contributed by atoms with Gasteiger partial charge in [0.05, 0.1) is 4.21 Å². The first-order chi connectivity index (χ1) is 21.5. The van der Waals surface area contributed by atoms with Crippen LogP contribution in [0.2, 0.25) is 0 Å². The number of thiazole rings is 1. The first-order valence-electron chi connectivity index (χ1n) is 12.5. The summed E-state index contributed by atoms with van der Waals surface area (Å²) < 4.78 is 2.49. The fourth-order valence-electron chi connectivity index (χ4n) is 4.31. The molecule has 45 heavy (non-hydrogen) atoms. The van der Waals surface area contributed by atoms with Crippen LogP contribution in [0.1, 0.15) is 27.7 Å². The minimum absolute atomic E-state index is 0.0121. The molecule has 1 aromatic carbocycles. The van der Waals surface area contributed by atoms with Crippen molar-refractivity contribution in [2.45, 2.75) is 21.7 Å². The lowest BCUT2D eigenvalue weighted by Gasteiger charge is -2.49. The van der Waals surface area contributed by atoms with Crippen LogP contribution in [0.5, 0.6) is 0 Å². The third-order valence-electron chi connectivity index (χ3n) is 6.35. The third kappa shape index (κ3) is 6.43. The van der Waals surface area contributed by atoms with E-state index in [9.17, 15) is 44.1 Å². The van der Waals surface area contributed by atoms with Gasteiger partial charge in [0, 0.05) is 22.4 Å². The molecular weight excluding hydrogens is 673 g/mol. The molecule has 5 rings (SSSR count).